The van der Waals surface area contributed by atoms with E-state index < -0.39 is 0 Å². The van der Waals surface area contributed by atoms with Crippen molar-refractivity contribution in [2.75, 3.05) is 0 Å². The first-order valence-electron chi connectivity index (χ1n) is 14.7. The van der Waals surface area contributed by atoms with Crippen LogP contribution in [0.15, 0.2) is 154 Å². The quantitative estimate of drug-likeness (QED) is 0.136. The lowest BCUT2D eigenvalue weighted by Gasteiger charge is -1.96. The Hall–Kier alpha value is -3.38. The van der Waals surface area contributed by atoms with Crippen molar-refractivity contribution >= 4 is 0 Å². The molecule has 0 aromatic heterocycles. The maximum Gasteiger partial charge on any atom is -0.0285 e. The summed E-state index contributed by atoms with van der Waals surface area (Å²) in [6.07, 6.45) is 43.3. The molecule has 0 bridgehead atoms. The van der Waals surface area contributed by atoms with Crippen molar-refractivity contribution in [3.63, 3.8) is 0 Å². The molecule has 0 fully saturated rings. The largest absolute Gasteiger partial charge is 0.0856 e. The van der Waals surface area contributed by atoms with Gasteiger partial charge in [0.1, 0.15) is 0 Å². The Morgan fingerprint density at radius 2 is 0.625 bits per heavy atom. The predicted molar refractivity (Wildman–Crippen MR) is 186 cm³/mol. The molecule has 0 heteroatoms. The molecule has 0 aromatic rings. The summed E-state index contributed by atoms with van der Waals surface area (Å²) in [6.45, 7) is 21.5. The summed E-state index contributed by atoms with van der Waals surface area (Å²) in [6, 6.07) is 0. The molecule has 0 aromatic carbocycles. The molecular formula is C40H56. The van der Waals surface area contributed by atoms with Gasteiger partial charge < -0.3 is 0 Å². The van der Waals surface area contributed by atoms with E-state index in [1.807, 2.05) is 0 Å². The molecule has 40 heavy (non-hydrogen) atoms. The smallest absolute Gasteiger partial charge is 0.0285 e. The van der Waals surface area contributed by atoms with E-state index in [4.69, 9.17) is 0 Å². The fourth-order valence-electron chi connectivity index (χ4n) is 3.41. The van der Waals surface area contributed by atoms with Crippen LogP contribution in [0, 0.1) is 0 Å². The number of hydrogen-bond donors (Lipinski definition) is 0. The van der Waals surface area contributed by atoms with Crippen LogP contribution < -0.4 is 0 Å². The first-order valence-corrected chi connectivity index (χ1v) is 14.7. The van der Waals surface area contributed by atoms with Crippen molar-refractivity contribution in [2.45, 2.75) is 94.9 Å². The van der Waals surface area contributed by atoms with Crippen LogP contribution in [0.2, 0.25) is 0 Å². The molecule has 0 aliphatic heterocycles. The van der Waals surface area contributed by atoms with Gasteiger partial charge in [0.05, 0.1) is 0 Å². The molecule has 0 radical (unpaired) electrons. The van der Waals surface area contributed by atoms with Crippen LogP contribution in [0.1, 0.15) is 94.9 Å². The van der Waals surface area contributed by atoms with Crippen LogP contribution >= 0.6 is 0 Å². The highest BCUT2D eigenvalue weighted by Crippen LogP contribution is 2.09. The number of hydrogen-bond acceptors (Lipinski definition) is 0. The van der Waals surface area contributed by atoms with E-state index in [9.17, 15) is 0 Å². The van der Waals surface area contributed by atoms with Gasteiger partial charge >= 0.3 is 0 Å². The van der Waals surface area contributed by atoms with Gasteiger partial charge in [-0.1, -0.05) is 154 Å². The van der Waals surface area contributed by atoms with E-state index in [0.29, 0.717) is 0 Å². The fourth-order valence-corrected chi connectivity index (χ4v) is 3.41. The third-order valence-corrected chi connectivity index (χ3v) is 5.93. The average molecular weight is 537 g/mol. The Morgan fingerprint density at radius 3 is 0.925 bits per heavy atom. The van der Waals surface area contributed by atoms with Crippen molar-refractivity contribution in [2.24, 2.45) is 0 Å². The maximum absolute atomic E-state index is 2.30. The summed E-state index contributed by atoms with van der Waals surface area (Å²) in [5.74, 6) is 0. The molecule has 0 saturated carbocycles. The van der Waals surface area contributed by atoms with E-state index in [1.165, 1.54) is 44.6 Å². The topological polar surface area (TPSA) is 0 Å². The minimum atomic E-state index is 1.12. The van der Waals surface area contributed by atoms with Crippen LogP contribution in [0.3, 0.4) is 0 Å². The van der Waals surface area contributed by atoms with Crippen molar-refractivity contribution in [3.05, 3.63) is 154 Å². The summed E-state index contributed by atoms with van der Waals surface area (Å²) >= 11 is 0. The van der Waals surface area contributed by atoms with Gasteiger partial charge in [-0.2, -0.15) is 0 Å². The molecule has 0 saturated heterocycles. The molecule has 0 aliphatic carbocycles. The zero-order valence-electron chi connectivity index (χ0n) is 27.2. The molecule has 216 valence electrons. The third kappa shape index (κ3) is 24.9. The van der Waals surface area contributed by atoms with E-state index in [1.54, 1.807) is 0 Å². The van der Waals surface area contributed by atoms with Crippen LogP contribution in [0.5, 0.6) is 0 Å². The van der Waals surface area contributed by atoms with Crippen LogP contribution in [0.25, 0.3) is 0 Å². The summed E-state index contributed by atoms with van der Waals surface area (Å²) in [5, 5.41) is 0. The third-order valence-electron chi connectivity index (χ3n) is 5.93. The van der Waals surface area contributed by atoms with Crippen molar-refractivity contribution in [1.82, 2.24) is 0 Å². The fraction of sp³-hybridized carbons (Fsp3) is 0.350. The molecule has 0 N–H and O–H groups in total. The van der Waals surface area contributed by atoms with Crippen LogP contribution in [-0.2, 0) is 0 Å². The highest BCUT2D eigenvalue weighted by molar-refractivity contribution is 5.32. The van der Waals surface area contributed by atoms with Gasteiger partial charge in [-0.05, 0) is 94.9 Å². The summed E-state index contributed by atoms with van der Waals surface area (Å²) in [4.78, 5) is 0. The summed E-state index contributed by atoms with van der Waals surface area (Å²) < 4.78 is 0. The van der Waals surface area contributed by atoms with Crippen LogP contribution in [0.4, 0.5) is 0 Å². The van der Waals surface area contributed by atoms with Gasteiger partial charge in [0.15, 0.2) is 0 Å². The minimum absolute atomic E-state index is 1.12. The Balaban J connectivity index is 4.70. The molecule has 0 aliphatic rings. The Bertz CT molecular complexity index is 1050. The van der Waals surface area contributed by atoms with Crippen LogP contribution in [-0.4, -0.2) is 0 Å². The van der Waals surface area contributed by atoms with Crippen molar-refractivity contribution < 1.29 is 0 Å². The van der Waals surface area contributed by atoms with Crippen molar-refractivity contribution in [1.29, 1.82) is 0 Å². The Kier molecular flexibility index (Phi) is 21.5. The standard InChI is InChI=1S/C40H56/c1-33(2)19-13-23-37(7)27-17-31-39(9)29-15-25-35(5)21-11-12-22-36(6)26-16-30-40(10)32-18-28-38(8)24-14-20-34(3)4/h11-12,15-22,25-32H,13-14,23-24H2,1-10H3/b12-11+,25-15+,26-16+,31-17+,32-18+,35-21+,36-22+,37-27-,38-28-,39-29-,40-30+. The van der Waals surface area contributed by atoms with Gasteiger partial charge in [0.25, 0.3) is 0 Å². The molecular weight excluding hydrogens is 480 g/mol. The van der Waals surface area contributed by atoms with E-state index in [2.05, 4.69) is 179 Å². The normalized spacial score (nSPS) is 15.1. The van der Waals surface area contributed by atoms with E-state index in [0.717, 1.165) is 25.7 Å². The predicted octanol–water partition coefficient (Wildman–Crippen LogP) is 12.9. The second-order valence-electron chi connectivity index (χ2n) is 11.1. The maximum atomic E-state index is 2.30. The average Bonchev–Trinajstić information content (AvgIpc) is 2.86. The summed E-state index contributed by atoms with van der Waals surface area (Å²) in [5.41, 5.74) is 10.5. The van der Waals surface area contributed by atoms with Gasteiger partial charge in [-0.15, -0.1) is 0 Å². The van der Waals surface area contributed by atoms with E-state index in [-0.39, 0.29) is 0 Å². The first-order chi connectivity index (χ1) is 19.0. The Labute approximate surface area is 248 Å². The van der Waals surface area contributed by atoms with Gasteiger partial charge in [-0.3, -0.25) is 0 Å². The zero-order chi connectivity index (χ0) is 30.2. The highest BCUT2D eigenvalue weighted by Gasteiger charge is 1.88. The number of rotatable bonds is 16. The molecule has 0 atom stereocenters. The SMILES string of the molecule is CC(C)=CCC\C(C)=C/C=C/C(C)=C\C=C\C(C)=C\C=C\C=C(C)\C=C\C=C(C)\C=C\C=C(\C)CCC=C(C)C. The molecule has 0 amide bonds. The van der Waals surface area contributed by atoms with E-state index >= 15 is 0 Å². The molecule has 0 heterocycles. The van der Waals surface area contributed by atoms with Gasteiger partial charge in [0, 0.05) is 0 Å². The lowest BCUT2D eigenvalue weighted by Crippen LogP contribution is -1.76. The lowest BCUT2D eigenvalue weighted by molar-refractivity contribution is 0.967. The summed E-state index contributed by atoms with van der Waals surface area (Å²) in [7, 11) is 0. The van der Waals surface area contributed by atoms with Crippen molar-refractivity contribution in [3.8, 4) is 0 Å². The highest BCUT2D eigenvalue weighted by atomic mass is 13.9. The molecule has 0 rings (SSSR count). The van der Waals surface area contributed by atoms with Gasteiger partial charge in [0.2, 0.25) is 0 Å². The zero-order valence-corrected chi connectivity index (χ0v) is 27.2. The molecule has 0 spiro atoms. The first kappa shape index (κ1) is 36.6. The Morgan fingerprint density at radius 1 is 0.350 bits per heavy atom. The second kappa shape index (κ2) is 23.5. The second-order valence-corrected chi connectivity index (χ2v) is 11.1. The minimum Gasteiger partial charge on any atom is -0.0856 e. The number of allylic oxidation sites excluding steroid dienone is 26. The van der Waals surface area contributed by atoms with Gasteiger partial charge in [-0.25, -0.2) is 0 Å². The molecule has 0 unspecified atom stereocenters. The lowest BCUT2D eigenvalue weighted by atomic mass is 10.1. The molecule has 0 nitrogen and oxygen atoms in total. The monoisotopic (exact) mass is 536 g/mol.